The van der Waals surface area contributed by atoms with Crippen molar-refractivity contribution < 1.29 is 8.42 Å². The molecule has 3 rings (SSSR count). The lowest BCUT2D eigenvalue weighted by atomic mass is 10.0. The molecule has 1 atom stereocenters. The van der Waals surface area contributed by atoms with Crippen molar-refractivity contribution in [3.05, 3.63) is 36.4 Å². The van der Waals surface area contributed by atoms with E-state index in [1.165, 1.54) is 11.9 Å². The van der Waals surface area contributed by atoms with E-state index < -0.39 is 10.0 Å². The first kappa shape index (κ1) is 15.9. The second-order valence-corrected chi connectivity index (χ2v) is 7.67. The van der Waals surface area contributed by atoms with E-state index >= 15 is 0 Å². The molecule has 2 aromatic rings. The maximum Gasteiger partial charge on any atom is 0.240 e. The first-order valence-corrected chi connectivity index (χ1v) is 9.13. The number of aromatic nitrogens is 3. The third-order valence-electron chi connectivity index (χ3n) is 4.00. The quantitative estimate of drug-likeness (QED) is 0.883. The highest BCUT2D eigenvalue weighted by atomic mass is 32.2. The van der Waals surface area contributed by atoms with Crippen molar-refractivity contribution in [1.82, 2.24) is 19.5 Å². The third-order valence-corrected chi connectivity index (χ3v) is 5.59. The molecule has 1 aliphatic rings. The number of benzene rings is 1. The fraction of sp³-hybridized carbons (Fsp3) is 0.467. The minimum Gasteiger partial charge on any atom is -0.374 e. The van der Waals surface area contributed by atoms with Crippen LogP contribution < -0.4 is 9.62 Å². The van der Waals surface area contributed by atoms with Crippen LogP contribution in [0.3, 0.4) is 0 Å². The van der Waals surface area contributed by atoms with Gasteiger partial charge in [0.15, 0.2) is 0 Å². The predicted octanol–water partition coefficient (Wildman–Crippen LogP) is 1.03. The molecule has 0 bridgehead atoms. The van der Waals surface area contributed by atoms with Gasteiger partial charge in [0.05, 0.1) is 11.4 Å². The van der Waals surface area contributed by atoms with Gasteiger partial charge in [-0.05, 0) is 37.5 Å². The van der Waals surface area contributed by atoms with E-state index in [2.05, 4.69) is 19.7 Å². The van der Waals surface area contributed by atoms with Crippen molar-refractivity contribution in [3.8, 4) is 0 Å². The largest absolute Gasteiger partial charge is 0.374 e. The number of aryl methyl sites for hydroxylation is 1. The van der Waals surface area contributed by atoms with Gasteiger partial charge in [-0.3, -0.25) is 4.68 Å². The van der Waals surface area contributed by atoms with E-state index in [0.717, 1.165) is 25.1 Å². The summed E-state index contributed by atoms with van der Waals surface area (Å²) in [6.45, 7) is 3.19. The molecule has 7 nitrogen and oxygen atoms in total. The Bertz CT molecular complexity index is 773. The van der Waals surface area contributed by atoms with Crippen LogP contribution in [0.25, 0.3) is 0 Å². The number of nitrogens with zero attached hydrogens (tertiary/aromatic N) is 4. The average molecular weight is 335 g/mol. The Balaban J connectivity index is 1.78. The summed E-state index contributed by atoms with van der Waals surface area (Å²) in [6, 6.07) is 5.08. The minimum absolute atomic E-state index is 0.282. The molecule has 0 saturated heterocycles. The molecule has 1 N–H and O–H groups in total. The highest BCUT2D eigenvalue weighted by Gasteiger charge is 2.21. The van der Waals surface area contributed by atoms with Gasteiger partial charge in [-0.2, -0.15) is 5.10 Å². The Morgan fingerprint density at radius 3 is 2.96 bits per heavy atom. The van der Waals surface area contributed by atoms with Gasteiger partial charge in [0.2, 0.25) is 10.0 Å². The van der Waals surface area contributed by atoms with Crippen LogP contribution in [0.4, 0.5) is 5.69 Å². The molecule has 0 amide bonds. The fourth-order valence-electron chi connectivity index (χ4n) is 2.88. The summed E-state index contributed by atoms with van der Waals surface area (Å²) in [5.74, 6) is 0. The van der Waals surface area contributed by atoms with Gasteiger partial charge < -0.3 is 4.90 Å². The number of fused-ring (bicyclic) bond motifs is 1. The molecule has 0 radical (unpaired) electrons. The highest BCUT2D eigenvalue weighted by Crippen LogP contribution is 2.28. The van der Waals surface area contributed by atoms with E-state index in [9.17, 15) is 8.42 Å². The Kier molecular flexibility index (Phi) is 4.36. The molecule has 0 spiro atoms. The molecular formula is C15H21N5O2S. The molecule has 1 aliphatic heterocycles. The number of sulfonamides is 1. The standard InChI is InChI=1S/C15H21N5O2S/c1-12(9-20-11-16-10-17-20)18-23(21,22)14-6-5-13-4-3-7-19(2)15(13)8-14/h5-6,8,10-12,18H,3-4,7,9H2,1-2H3/t12-/m1/s1. The van der Waals surface area contributed by atoms with Gasteiger partial charge in [0.25, 0.3) is 0 Å². The number of anilines is 1. The van der Waals surface area contributed by atoms with Gasteiger partial charge >= 0.3 is 0 Å². The molecule has 8 heteroatoms. The Morgan fingerprint density at radius 1 is 1.39 bits per heavy atom. The van der Waals surface area contributed by atoms with Crippen LogP contribution in [0.5, 0.6) is 0 Å². The van der Waals surface area contributed by atoms with Crippen molar-refractivity contribution in [1.29, 1.82) is 0 Å². The lowest BCUT2D eigenvalue weighted by molar-refractivity contribution is 0.493. The molecule has 0 aliphatic carbocycles. The van der Waals surface area contributed by atoms with E-state index in [-0.39, 0.29) is 6.04 Å². The van der Waals surface area contributed by atoms with Crippen molar-refractivity contribution in [2.24, 2.45) is 0 Å². The lowest BCUT2D eigenvalue weighted by Crippen LogP contribution is -2.36. The summed E-state index contributed by atoms with van der Waals surface area (Å²) in [5.41, 5.74) is 2.21. The summed E-state index contributed by atoms with van der Waals surface area (Å²) < 4.78 is 29.5. The average Bonchev–Trinajstić information content (AvgIpc) is 2.99. The first-order valence-electron chi connectivity index (χ1n) is 7.64. The second-order valence-electron chi connectivity index (χ2n) is 5.96. The Hall–Kier alpha value is -1.93. The maximum absolute atomic E-state index is 12.6. The molecule has 2 heterocycles. The number of hydrogen-bond donors (Lipinski definition) is 1. The zero-order valence-electron chi connectivity index (χ0n) is 13.3. The van der Waals surface area contributed by atoms with Gasteiger partial charge in [0, 0.05) is 25.3 Å². The first-order chi connectivity index (χ1) is 11.0. The predicted molar refractivity (Wildman–Crippen MR) is 87.8 cm³/mol. The van der Waals surface area contributed by atoms with Gasteiger partial charge in [-0.1, -0.05) is 6.07 Å². The molecule has 0 unspecified atom stereocenters. The molecule has 1 aromatic carbocycles. The molecule has 124 valence electrons. The normalized spacial score (nSPS) is 16.2. The SMILES string of the molecule is C[C@H](Cn1cncn1)NS(=O)(=O)c1ccc2c(c1)N(C)CCC2. The maximum atomic E-state index is 12.6. The van der Waals surface area contributed by atoms with Crippen LogP contribution in [0.1, 0.15) is 18.9 Å². The van der Waals surface area contributed by atoms with Gasteiger partial charge in [-0.25, -0.2) is 18.1 Å². The van der Waals surface area contributed by atoms with E-state index in [1.807, 2.05) is 20.0 Å². The summed E-state index contributed by atoms with van der Waals surface area (Å²) >= 11 is 0. The monoisotopic (exact) mass is 335 g/mol. The third kappa shape index (κ3) is 3.53. The Morgan fingerprint density at radius 2 is 2.22 bits per heavy atom. The van der Waals surface area contributed by atoms with E-state index in [4.69, 9.17) is 0 Å². The molecular weight excluding hydrogens is 314 g/mol. The van der Waals surface area contributed by atoms with Crippen LogP contribution in [-0.4, -0.2) is 42.8 Å². The number of rotatable bonds is 5. The van der Waals surface area contributed by atoms with E-state index in [0.29, 0.717) is 11.4 Å². The zero-order valence-corrected chi connectivity index (χ0v) is 14.1. The zero-order chi connectivity index (χ0) is 16.4. The summed E-state index contributed by atoms with van der Waals surface area (Å²) in [7, 11) is -1.56. The topological polar surface area (TPSA) is 80.1 Å². The fourth-order valence-corrected chi connectivity index (χ4v) is 4.14. The van der Waals surface area contributed by atoms with Crippen LogP contribution >= 0.6 is 0 Å². The highest BCUT2D eigenvalue weighted by molar-refractivity contribution is 7.89. The number of nitrogens with one attached hydrogen (secondary N) is 1. The van der Waals surface area contributed by atoms with E-state index in [1.54, 1.807) is 23.1 Å². The van der Waals surface area contributed by atoms with Gasteiger partial charge in [0.1, 0.15) is 12.7 Å². The minimum atomic E-state index is -3.56. The summed E-state index contributed by atoms with van der Waals surface area (Å²) in [6.07, 6.45) is 5.10. The van der Waals surface area contributed by atoms with Gasteiger partial charge in [-0.15, -0.1) is 0 Å². The molecule has 0 fully saturated rings. The summed E-state index contributed by atoms with van der Waals surface area (Å²) in [4.78, 5) is 6.26. The van der Waals surface area contributed by atoms with Crippen molar-refractivity contribution in [3.63, 3.8) is 0 Å². The van der Waals surface area contributed by atoms with Crippen molar-refractivity contribution >= 4 is 15.7 Å². The van der Waals surface area contributed by atoms with Crippen LogP contribution in [-0.2, 0) is 23.0 Å². The van der Waals surface area contributed by atoms with Crippen molar-refractivity contribution in [2.75, 3.05) is 18.5 Å². The molecule has 1 aromatic heterocycles. The van der Waals surface area contributed by atoms with Crippen molar-refractivity contribution in [2.45, 2.75) is 37.2 Å². The summed E-state index contributed by atoms with van der Waals surface area (Å²) in [5, 5.41) is 3.99. The Labute approximate surface area is 136 Å². The lowest BCUT2D eigenvalue weighted by Gasteiger charge is -2.28. The van der Waals surface area contributed by atoms with Crippen LogP contribution in [0.2, 0.25) is 0 Å². The molecule has 23 heavy (non-hydrogen) atoms. The van der Waals surface area contributed by atoms with Crippen LogP contribution in [0.15, 0.2) is 35.7 Å². The smallest absolute Gasteiger partial charge is 0.240 e. The molecule has 0 saturated carbocycles. The second kappa shape index (κ2) is 6.29. The number of hydrogen-bond acceptors (Lipinski definition) is 5. The van der Waals surface area contributed by atoms with Crippen LogP contribution in [0, 0.1) is 0 Å².